The number of hydrogen-bond acceptors (Lipinski definition) is 2. The van der Waals surface area contributed by atoms with Crippen molar-refractivity contribution in [2.75, 3.05) is 0 Å². The van der Waals surface area contributed by atoms with Gasteiger partial charge in [0.25, 0.3) is 0 Å². The summed E-state index contributed by atoms with van der Waals surface area (Å²) in [7, 11) is -2.29. The van der Waals surface area contributed by atoms with Crippen molar-refractivity contribution in [2.24, 2.45) is 0 Å². The fourth-order valence-electron chi connectivity index (χ4n) is 1.49. The molecule has 0 spiro atoms. The predicted molar refractivity (Wildman–Crippen MR) is 63.9 cm³/mol. The summed E-state index contributed by atoms with van der Waals surface area (Å²) in [6.45, 7) is 8.29. The molecule has 76 valence electrons. The third kappa shape index (κ3) is 2.19. The van der Waals surface area contributed by atoms with Crippen LogP contribution in [-0.2, 0) is 9.59 Å². The van der Waals surface area contributed by atoms with Gasteiger partial charge in [0.2, 0.25) is 0 Å². The molecule has 4 heteroatoms. The molecule has 0 aromatic rings. The van der Waals surface area contributed by atoms with Gasteiger partial charge < -0.3 is 0 Å². The van der Waals surface area contributed by atoms with Crippen molar-refractivity contribution in [2.45, 2.75) is 26.2 Å². The molecular weight excluding hydrogens is 208 g/mol. The summed E-state index contributed by atoms with van der Waals surface area (Å²) in [5, 5.41) is 1.57. The number of hydrogen-bond donors (Lipinski definition) is 0. The van der Waals surface area contributed by atoms with E-state index in [0.29, 0.717) is 0 Å². The van der Waals surface area contributed by atoms with Gasteiger partial charge in [-0.2, -0.15) is 0 Å². The van der Waals surface area contributed by atoms with Gasteiger partial charge in [0.15, 0.2) is 11.6 Å². The van der Waals surface area contributed by atoms with Crippen LogP contribution in [0.3, 0.4) is 0 Å². The van der Waals surface area contributed by atoms with Gasteiger partial charge in [0.05, 0.1) is 17.6 Å². The lowest BCUT2D eigenvalue weighted by atomic mass is 10.1. The van der Waals surface area contributed by atoms with Crippen LogP contribution in [0.15, 0.2) is 22.5 Å². The van der Waals surface area contributed by atoms with Crippen molar-refractivity contribution in [3.8, 4) is 0 Å². The normalized spacial score (nSPS) is 17.6. The molecule has 0 heterocycles. The highest BCUT2D eigenvalue weighted by atomic mass is 28.3. The van der Waals surface area contributed by atoms with E-state index in [4.69, 9.17) is 0 Å². The van der Waals surface area contributed by atoms with Crippen LogP contribution in [0.25, 0.3) is 0 Å². The fraction of sp³-hybridized carbons (Fsp3) is 0.400. The van der Waals surface area contributed by atoms with E-state index in [1.165, 1.54) is 0 Å². The summed E-state index contributed by atoms with van der Waals surface area (Å²) in [5.41, 5.74) is 0. The van der Waals surface area contributed by atoms with Crippen LogP contribution in [0.4, 0.5) is 0 Å². The highest BCUT2D eigenvalue weighted by Gasteiger charge is 2.23. The molecule has 0 radical (unpaired) electrons. The van der Waals surface area contributed by atoms with Gasteiger partial charge in [0, 0.05) is 0 Å². The first kappa shape index (κ1) is 11.3. The van der Waals surface area contributed by atoms with Gasteiger partial charge >= 0.3 is 0 Å². The molecule has 0 aromatic heterocycles. The SMILES string of the molecule is C[SiH](C)C1=CC(=O)C([SiH](C)C)=CC1=O. The second-order valence-electron chi connectivity index (χ2n) is 4.24. The van der Waals surface area contributed by atoms with Crippen molar-refractivity contribution in [3.05, 3.63) is 22.5 Å². The fourth-order valence-corrected chi connectivity index (χ4v) is 3.77. The summed E-state index contributed by atoms with van der Waals surface area (Å²) in [6, 6.07) is 0. The Hall–Kier alpha value is -0.746. The highest BCUT2D eigenvalue weighted by Crippen LogP contribution is 2.16. The molecule has 14 heavy (non-hydrogen) atoms. The van der Waals surface area contributed by atoms with Crippen LogP contribution in [0.2, 0.25) is 26.2 Å². The third-order valence-corrected chi connectivity index (χ3v) is 5.78. The Morgan fingerprint density at radius 3 is 1.29 bits per heavy atom. The summed E-state index contributed by atoms with van der Waals surface area (Å²) in [4.78, 5) is 23.3. The topological polar surface area (TPSA) is 34.1 Å². The van der Waals surface area contributed by atoms with E-state index in [-0.39, 0.29) is 11.6 Å². The van der Waals surface area contributed by atoms with Gasteiger partial charge in [-0.05, 0) is 22.5 Å². The molecule has 0 fully saturated rings. The Balaban J connectivity index is 3.02. The van der Waals surface area contributed by atoms with Gasteiger partial charge in [-0.1, -0.05) is 26.2 Å². The summed E-state index contributed by atoms with van der Waals surface area (Å²) >= 11 is 0. The van der Waals surface area contributed by atoms with E-state index in [1.54, 1.807) is 12.2 Å². The Morgan fingerprint density at radius 1 is 0.786 bits per heavy atom. The molecule has 0 saturated heterocycles. The van der Waals surface area contributed by atoms with E-state index in [9.17, 15) is 9.59 Å². The average Bonchev–Trinajstić information content (AvgIpc) is 2.07. The molecule has 1 aliphatic rings. The van der Waals surface area contributed by atoms with Crippen molar-refractivity contribution in [3.63, 3.8) is 0 Å². The summed E-state index contributed by atoms with van der Waals surface area (Å²) < 4.78 is 0. The first-order chi connectivity index (χ1) is 6.43. The number of ketones is 2. The minimum atomic E-state index is -1.15. The lowest BCUT2D eigenvalue weighted by Crippen LogP contribution is -2.25. The van der Waals surface area contributed by atoms with Crippen molar-refractivity contribution in [1.82, 2.24) is 0 Å². The quantitative estimate of drug-likeness (QED) is 0.519. The first-order valence-corrected chi connectivity index (χ1v) is 10.7. The average molecular weight is 224 g/mol. The molecule has 0 amide bonds. The minimum absolute atomic E-state index is 0.0856. The monoisotopic (exact) mass is 224 g/mol. The molecule has 0 unspecified atom stereocenters. The number of rotatable bonds is 2. The van der Waals surface area contributed by atoms with Crippen molar-refractivity contribution >= 4 is 29.2 Å². The van der Waals surface area contributed by atoms with Crippen molar-refractivity contribution in [1.29, 1.82) is 0 Å². The van der Waals surface area contributed by atoms with Crippen LogP contribution in [-0.4, -0.2) is 29.2 Å². The van der Waals surface area contributed by atoms with Gasteiger partial charge in [0.1, 0.15) is 0 Å². The smallest absolute Gasteiger partial charge is 0.177 e. The van der Waals surface area contributed by atoms with Crippen LogP contribution < -0.4 is 0 Å². The maximum absolute atomic E-state index is 11.7. The maximum Gasteiger partial charge on any atom is 0.177 e. The van der Waals surface area contributed by atoms with E-state index in [0.717, 1.165) is 10.4 Å². The van der Waals surface area contributed by atoms with Gasteiger partial charge in [-0.15, -0.1) is 0 Å². The second-order valence-corrected chi connectivity index (χ2v) is 10.1. The summed E-state index contributed by atoms with van der Waals surface area (Å²) in [6.07, 6.45) is 3.17. The standard InChI is InChI=1S/C10H16O2Si2/c1-13(2)9-5-8(12)10(14(3)4)6-7(9)11/h5-6,13-14H,1-4H3. The lowest BCUT2D eigenvalue weighted by Gasteiger charge is -2.15. The molecule has 0 aliphatic heterocycles. The molecule has 2 nitrogen and oxygen atoms in total. The number of carbonyl (C=O) groups excluding carboxylic acids is 2. The van der Waals surface area contributed by atoms with E-state index < -0.39 is 17.6 Å². The Morgan fingerprint density at radius 2 is 1.07 bits per heavy atom. The molecule has 0 saturated carbocycles. The van der Waals surface area contributed by atoms with Crippen LogP contribution in [0.5, 0.6) is 0 Å². The zero-order chi connectivity index (χ0) is 10.9. The molecule has 0 atom stereocenters. The lowest BCUT2D eigenvalue weighted by molar-refractivity contribution is -0.114. The van der Waals surface area contributed by atoms with Crippen LogP contribution in [0, 0.1) is 0 Å². The second kappa shape index (κ2) is 4.19. The highest BCUT2D eigenvalue weighted by molar-refractivity contribution is 6.76. The maximum atomic E-state index is 11.7. The zero-order valence-corrected chi connectivity index (χ0v) is 11.4. The Labute approximate surface area is 87.9 Å². The minimum Gasteiger partial charge on any atom is -0.290 e. The third-order valence-electron chi connectivity index (χ3n) is 2.39. The molecule has 0 aromatic carbocycles. The Kier molecular flexibility index (Phi) is 3.39. The van der Waals surface area contributed by atoms with Gasteiger partial charge in [-0.3, -0.25) is 9.59 Å². The van der Waals surface area contributed by atoms with E-state index in [1.807, 2.05) is 0 Å². The zero-order valence-electron chi connectivity index (χ0n) is 9.13. The van der Waals surface area contributed by atoms with Crippen LogP contribution in [0.1, 0.15) is 0 Å². The molecule has 1 rings (SSSR count). The predicted octanol–water partition coefficient (Wildman–Crippen LogP) is 1.04. The molecule has 1 aliphatic carbocycles. The Bertz CT molecular complexity index is 304. The summed E-state index contributed by atoms with van der Waals surface area (Å²) in [5.74, 6) is 0.171. The van der Waals surface area contributed by atoms with Crippen molar-refractivity contribution < 1.29 is 9.59 Å². The number of carbonyl (C=O) groups is 2. The van der Waals surface area contributed by atoms with E-state index >= 15 is 0 Å². The largest absolute Gasteiger partial charge is 0.290 e. The number of allylic oxidation sites excluding steroid dienone is 4. The molecule has 0 N–H and O–H groups in total. The van der Waals surface area contributed by atoms with Crippen LogP contribution >= 0.6 is 0 Å². The molecular formula is C10H16O2Si2. The first-order valence-electron chi connectivity index (χ1n) is 4.95. The molecule has 0 bridgehead atoms. The van der Waals surface area contributed by atoms with Gasteiger partial charge in [-0.25, -0.2) is 0 Å². The van der Waals surface area contributed by atoms with E-state index in [2.05, 4.69) is 26.2 Å².